The number of phenolic OH excluding ortho intramolecular Hbond substituents is 1. The first-order chi connectivity index (χ1) is 16.6. The molecule has 7 nitrogen and oxygen atoms in total. The van der Waals surface area contributed by atoms with E-state index in [0.29, 0.717) is 30.0 Å². The lowest BCUT2D eigenvalue weighted by molar-refractivity contribution is 0.0480. The number of aromatic hydroxyl groups is 1. The van der Waals surface area contributed by atoms with Crippen molar-refractivity contribution in [1.29, 1.82) is 0 Å². The van der Waals surface area contributed by atoms with Crippen molar-refractivity contribution in [3.63, 3.8) is 0 Å². The molecule has 5 rings (SSSR count). The molecule has 0 atom stereocenters. The lowest BCUT2D eigenvalue weighted by Gasteiger charge is -2.33. The van der Waals surface area contributed by atoms with E-state index in [4.69, 9.17) is 9.84 Å². The number of anilines is 2. The molecule has 3 aliphatic rings. The number of hydrogen-bond acceptors (Lipinski definition) is 5. The molecule has 1 aliphatic carbocycles. The Bertz CT molecular complexity index is 1100. The average molecular weight is 462 g/mol. The molecule has 34 heavy (non-hydrogen) atoms. The smallest absolute Gasteiger partial charge is 0.349 e. The van der Waals surface area contributed by atoms with Gasteiger partial charge in [-0.25, -0.2) is 9.80 Å². The highest BCUT2D eigenvalue weighted by Crippen LogP contribution is 2.41. The minimum Gasteiger partial charge on any atom is -0.508 e. The van der Waals surface area contributed by atoms with E-state index in [1.165, 1.54) is 6.42 Å². The van der Waals surface area contributed by atoms with E-state index in [1.807, 2.05) is 13.0 Å². The van der Waals surface area contributed by atoms with Gasteiger partial charge in [0.25, 0.3) is 0 Å². The standard InChI is InChI=1S/C27H31N3O4/c1-18-15-24-23(16-25(18)32)26(20-5-3-2-4-6-20)28-30(22-11-13-34-14-12-22)27(33)29(24)21-9-7-19(17-31)8-10-21/h7-10,15-17,20,22,32H,2-6,11-14H2,1H3. The van der Waals surface area contributed by atoms with Gasteiger partial charge in [0.2, 0.25) is 0 Å². The molecule has 2 fully saturated rings. The van der Waals surface area contributed by atoms with Crippen LogP contribution >= 0.6 is 0 Å². The maximum absolute atomic E-state index is 14.2. The van der Waals surface area contributed by atoms with Gasteiger partial charge < -0.3 is 9.84 Å². The molecule has 1 saturated carbocycles. The fourth-order valence-corrected chi connectivity index (χ4v) is 5.29. The Hall–Kier alpha value is -3.19. The number of nitrogens with zero attached hydrogens (tertiary/aromatic N) is 3. The summed E-state index contributed by atoms with van der Waals surface area (Å²) in [5.41, 5.74) is 4.32. The molecule has 2 aromatic carbocycles. The lowest BCUT2D eigenvalue weighted by atomic mass is 9.82. The summed E-state index contributed by atoms with van der Waals surface area (Å²) in [4.78, 5) is 27.1. The first-order valence-electron chi connectivity index (χ1n) is 12.3. The molecule has 2 heterocycles. The van der Waals surface area contributed by atoms with Crippen LogP contribution in [0.15, 0.2) is 41.5 Å². The number of carbonyl (C=O) groups excluding carboxylic acids is 2. The molecule has 1 N–H and O–H groups in total. The van der Waals surface area contributed by atoms with Crippen molar-refractivity contribution in [2.45, 2.75) is 57.9 Å². The summed E-state index contributed by atoms with van der Waals surface area (Å²) in [6.45, 7) is 3.04. The zero-order valence-electron chi connectivity index (χ0n) is 19.6. The highest BCUT2D eigenvalue weighted by molar-refractivity contribution is 6.14. The predicted molar refractivity (Wildman–Crippen MR) is 131 cm³/mol. The average Bonchev–Trinajstić information content (AvgIpc) is 2.99. The van der Waals surface area contributed by atoms with Gasteiger partial charge in [0.05, 0.1) is 23.1 Å². The number of aryl methyl sites for hydroxylation is 1. The number of amides is 2. The van der Waals surface area contributed by atoms with E-state index < -0.39 is 0 Å². The van der Waals surface area contributed by atoms with Gasteiger partial charge in [0.1, 0.15) is 12.0 Å². The summed E-state index contributed by atoms with van der Waals surface area (Å²) in [5.74, 6) is 0.438. The molecule has 0 unspecified atom stereocenters. The Labute approximate surface area is 200 Å². The van der Waals surface area contributed by atoms with Crippen molar-refractivity contribution in [3.05, 3.63) is 53.1 Å². The van der Waals surface area contributed by atoms with Crippen LogP contribution in [-0.2, 0) is 4.74 Å². The number of rotatable bonds is 4. The molecule has 7 heteroatoms. The predicted octanol–water partition coefficient (Wildman–Crippen LogP) is 5.55. The fraction of sp³-hybridized carbons (Fsp3) is 0.444. The van der Waals surface area contributed by atoms with Crippen LogP contribution in [0.2, 0.25) is 0 Å². The summed E-state index contributed by atoms with van der Waals surface area (Å²) in [5, 5.41) is 17.4. The molecule has 2 aromatic rings. The first-order valence-corrected chi connectivity index (χ1v) is 12.3. The third-order valence-electron chi connectivity index (χ3n) is 7.25. The number of carbonyl (C=O) groups is 2. The van der Waals surface area contributed by atoms with E-state index >= 15 is 0 Å². The Morgan fingerprint density at radius 1 is 1.03 bits per heavy atom. The molecule has 178 valence electrons. The summed E-state index contributed by atoms with van der Waals surface area (Å²) in [7, 11) is 0. The Morgan fingerprint density at radius 2 is 1.74 bits per heavy atom. The second-order valence-electron chi connectivity index (χ2n) is 9.49. The summed E-state index contributed by atoms with van der Waals surface area (Å²) < 4.78 is 5.56. The topological polar surface area (TPSA) is 82.4 Å². The maximum Gasteiger partial charge on any atom is 0.349 e. The van der Waals surface area contributed by atoms with Gasteiger partial charge in [-0.05, 0) is 74.6 Å². The number of benzene rings is 2. The summed E-state index contributed by atoms with van der Waals surface area (Å²) in [6, 6.07) is 10.4. The van der Waals surface area contributed by atoms with Crippen LogP contribution < -0.4 is 4.90 Å². The summed E-state index contributed by atoms with van der Waals surface area (Å²) >= 11 is 0. The fourth-order valence-electron chi connectivity index (χ4n) is 5.29. The third-order valence-corrected chi connectivity index (χ3v) is 7.25. The lowest BCUT2D eigenvalue weighted by Crippen LogP contribution is -2.45. The molecule has 0 bridgehead atoms. The molecule has 0 spiro atoms. The Morgan fingerprint density at radius 3 is 2.41 bits per heavy atom. The zero-order chi connectivity index (χ0) is 23.7. The number of hydrazone groups is 1. The van der Waals surface area contributed by atoms with Crippen molar-refractivity contribution in [3.8, 4) is 5.75 Å². The third kappa shape index (κ3) is 4.20. The van der Waals surface area contributed by atoms with E-state index in [-0.39, 0.29) is 23.7 Å². The minimum absolute atomic E-state index is 0.0550. The molecule has 0 radical (unpaired) electrons. The van der Waals surface area contributed by atoms with Crippen molar-refractivity contribution in [2.75, 3.05) is 18.1 Å². The zero-order valence-corrected chi connectivity index (χ0v) is 19.6. The van der Waals surface area contributed by atoms with Gasteiger partial charge in [0, 0.05) is 30.3 Å². The highest BCUT2D eigenvalue weighted by atomic mass is 16.5. The number of aldehydes is 1. The van der Waals surface area contributed by atoms with Crippen LogP contribution in [0, 0.1) is 12.8 Å². The van der Waals surface area contributed by atoms with Crippen LogP contribution in [0.1, 0.15) is 66.4 Å². The van der Waals surface area contributed by atoms with Crippen LogP contribution in [0.25, 0.3) is 0 Å². The van der Waals surface area contributed by atoms with Crippen molar-refractivity contribution in [1.82, 2.24) is 5.01 Å². The van der Waals surface area contributed by atoms with Gasteiger partial charge in [-0.15, -0.1) is 0 Å². The van der Waals surface area contributed by atoms with E-state index in [2.05, 4.69) is 0 Å². The molecule has 2 aliphatic heterocycles. The Balaban J connectivity index is 1.70. The normalized spacial score (nSPS) is 20.0. The molecule has 1 saturated heterocycles. The molecular weight excluding hydrogens is 430 g/mol. The van der Waals surface area contributed by atoms with Gasteiger partial charge in [-0.1, -0.05) is 19.3 Å². The number of ether oxygens (including phenoxy) is 1. The van der Waals surface area contributed by atoms with Crippen molar-refractivity contribution < 1.29 is 19.4 Å². The number of hydrogen-bond donors (Lipinski definition) is 1. The quantitative estimate of drug-likeness (QED) is 0.605. The van der Waals surface area contributed by atoms with Crippen LogP contribution in [0.5, 0.6) is 5.75 Å². The van der Waals surface area contributed by atoms with Gasteiger partial charge in [-0.2, -0.15) is 5.10 Å². The number of phenols is 1. The monoisotopic (exact) mass is 461 g/mol. The first kappa shape index (κ1) is 22.6. The Kier molecular flexibility index (Phi) is 6.37. The second-order valence-corrected chi connectivity index (χ2v) is 9.49. The largest absolute Gasteiger partial charge is 0.508 e. The van der Waals surface area contributed by atoms with E-state index in [0.717, 1.165) is 61.8 Å². The van der Waals surface area contributed by atoms with E-state index in [1.54, 1.807) is 40.2 Å². The number of urea groups is 1. The number of fused-ring (bicyclic) bond motifs is 1. The molecular formula is C27H31N3O4. The van der Waals surface area contributed by atoms with Gasteiger partial charge in [0.15, 0.2) is 0 Å². The van der Waals surface area contributed by atoms with Crippen LogP contribution in [0.3, 0.4) is 0 Å². The molecule has 2 amide bonds. The van der Waals surface area contributed by atoms with Crippen molar-refractivity contribution >= 4 is 29.4 Å². The summed E-state index contributed by atoms with van der Waals surface area (Å²) in [6.07, 6.45) is 7.79. The maximum atomic E-state index is 14.2. The SMILES string of the molecule is Cc1cc2c(cc1O)C(C1CCCCC1)=NN(C1CCOCC1)C(=O)N2c1ccc(C=O)cc1. The minimum atomic E-state index is -0.220. The van der Waals surface area contributed by atoms with Crippen LogP contribution in [0.4, 0.5) is 16.2 Å². The van der Waals surface area contributed by atoms with Gasteiger partial charge in [-0.3, -0.25) is 9.69 Å². The van der Waals surface area contributed by atoms with Gasteiger partial charge >= 0.3 is 6.03 Å². The highest BCUT2D eigenvalue weighted by Gasteiger charge is 2.38. The van der Waals surface area contributed by atoms with Crippen molar-refractivity contribution in [2.24, 2.45) is 11.0 Å². The molecule has 0 aromatic heterocycles. The second kappa shape index (κ2) is 9.58. The van der Waals surface area contributed by atoms with E-state index in [9.17, 15) is 14.7 Å². The van der Waals surface area contributed by atoms with Crippen LogP contribution in [-0.4, -0.2) is 47.4 Å².